The van der Waals surface area contributed by atoms with Crippen LogP contribution in [0.5, 0.6) is 11.5 Å². The minimum Gasteiger partial charge on any atom is -0.507 e. The Hall–Kier alpha value is -1.47. The highest BCUT2D eigenvalue weighted by atomic mass is 27.0. The van der Waals surface area contributed by atoms with Gasteiger partial charge < -0.3 is 14.9 Å². The molecule has 0 atom stereocenters. The largest absolute Gasteiger partial charge is 0.507 e. The number of hydrogen-bond acceptors (Lipinski definition) is 3. The summed E-state index contributed by atoms with van der Waals surface area (Å²) in [5.41, 5.74) is 6.52. The fourth-order valence-corrected chi connectivity index (χ4v) is 4.05. The quantitative estimate of drug-likeness (QED) is 0.373. The minimum atomic E-state index is -0.0178. The normalized spacial score (nSPS) is 12.0. The van der Waals surface area contributed by atoms with Crippen molar-refractivity contribution in [3.05, 3.63) is 57.6 Å². The minimum absolute atomic E-state index is 0. The number of phenolic OH excluding ortho intramolecular Hbond substituents is 2. The molecule has 3 radical (unpaired) electrons. The second-order valence-electron chi connectivity index (χ2n) is 14.2. The first-order valence-electron chi connectivity index (χ1n) is 13.7. The summed E-state index contributed by atoms with van der Waals surface area (Å²) >= 11 is 0. The Balaban J connectivity index is 0. The zero-order valence-electron chi connectivity index (χ0n) is 27.6. The smallest absolute Gasteiger partial charge is 0.123 e. The Kier molecular flexibility index (Phi) is 15.1. The van der Waals surface area contributed by atoms with Gasteiger partial charge in [0.05, 0.1) is 0 Å². The molecular weight excluding hydrogens is 483 g/mol. The number of aryl methyl sites for hydroxylation is 2. The molecule has 215 valence electrons. The SMILES string of the molecule is CCOCC.Cc1cc(C(C)(C)C)c(O)c(C(C)(C)C)c1.Cc1cc(C(C)(C)C)c(O)c(C(C)(C)C)c1.[Al]. The van der Waals surface area contributed by atoms with Crippen LogP contribution in [0.25, 0.3) is 0 Å². The van der Waals surface area contributed by atoms with Crippen molar-refractivity contribution >= 4 is 17.4 Å². The van der Waals surface area contributed by atoms with Crippen LogP contribution in [0.3, 0.4) is 0 Å². The topological polar surface area (TPSA) is 49.7 Å². The molecule has 0 aliphatic heterocycles. The Labute approximate surface area is 246 Å². The Morgan fingerprint density at radius 3 is 0.789 bits per heavy atom. The van der Waals surface area contributed by atoms with Crippen LogP contribution in [-0.4, -0.2) is 40.8 Å². The molecule has 0 aliphatic rings. The van der Waals surface area contributed by atoms with Gasteiger partial charge in [0.1, 0.15) is 11.5 Å². The molecule has 0 saturated carbocycles. The lowest BCUT2D eigenvalue weighted by Crippen LogP contribution is -2.17. The van der Waals surface area contributed by atoms with Crippen LogP contribution in [0.2, 0.25) is 0 Å². The van der Waals surface area contributed by atoms with Crippen LogP contribution >= 0.6 is 0 Å². The summed E-state index contributed by atoms with van der Waals surface area (Å²) in [6.45, 7) is 35.4. The number of hydrogen-bond donors (Lipinski definition) is 2. The maximum absolute atomic E-state index is 10.4. The van der Waals surface area contributed by atoms with Crippen LogP contribution in [0.4, 0.5) is 0 Å². The van der Waals surface area contributed by atoms with Crippen LogP contribution in [0, 0.1) is 13.8 Å². The van der Waals surface area contributed by atoms with Crippen LogP contribution in [0.1, 0.15) is 130 Å². The summed E-state index contributed by atoms with van der Waals surface area (Å²) in [5, 5.41) is 20.8. The van der Waals surface area contributed by atoms with E-state index in [9.17, 15) is 10.2 Å². The van der Waals surface area contributed by atoms with Crippen molar-refractivity contribution < 1.29 is 14.9 Å². The van der Waals surface area contributed by atoms with E-state index < -0.39 is 0 Å². The van der Waals surface area contributed by atoms with Gasteiger partial charge in [-0.3, -0.25) is 0 Å². The Morgan fingerprint density at radius 1 is 0.500 bits per heavy atom. The molecule has 0 spiro atoms. The van der Waals surface area contributed by atoms with Gasteiger partial charge in [0.25, 0.3) is 0 Å². The molecule has 0 heterocycles. The van der Waals surface area contributed by atoms with Crippen LogP contribution in [0.15, 0.2) is 24.3 Å². The number of aromatic hydroxyl groups is 2. The first-order valence-corrected chi connectivity index (χ1v) is 13.7. The van der Waals surface area contributed by atoms with Crippen molar-refractivity contribution in [1.82, 2.24) is 0 Å². The molecular formula is C34H58AlO3. The highest BCUT2D eigenvalue weighted by Gasteiger charge is 2.26. The van der Waals surface area contributed by atoms with E-state index >= 15 is 0 Å². The second kappa shape index (κ2) is 14.8. The van der Waals surface area contributed by atoms with E-state index in [2.05, 4.69) is 121 Å². The van der Waals surface area contributed by atoms with E-state index in [4.69, 9.17) is 4.74 Å². The predicted molar refractivity (Wildman–Crippen MR) is 168 cm³/mol. The van der Waals surface area contributed by atoms with Gasteiger partial charge in [-0.25, -0.2) is 0 Å². The molecule has 2 aromatic carbocycles. The predicted octanol–water partition coefficient (Wildman–Crippen LogP) is 9.25. The standard InChI is InChI=1S/2C15H24O.C4H10O.Al/c2*1-10-8-11(14(2,3)4)13(16)12(9-10)15(5,6)7;1-3-5-4-2;/h2*8-9,16H,1-7H3;3-4H2,1-2H3;. The van der Waals surface area contributed by atoms with E-state index in [1.54, 1.807) is 0 Å². The van der Waals surface area contributed by atoms with Crippen molar-refractivity contribution in [1.29, 1.82) is 0 Å². The van der Waals surface area contributed by atoms with Gasteiger partial charge in [0, 0.05) is 30.6 Å². The maximum Gasteiger partial charge on any atom is 0.123 e. The third-order valence-corrected chi connectivity index (χ3v) is 6.15. The van der Waals surface area contributed by atoms with Gasteiger partial charge in [-0.2, -0.15) is 0 Å². The highest BCUT2D eigenvalue weighted by Crippen LogP contribution is 2.40. The first-order chi connectivity index (χ1) is 16.5. The van der Waals surface area contributed by atoms with E-state index in [0.29, 0.717) is 11.5 Å². The summed E-state index contributed by atoms with van der Waals surface area (Å²) in [6, 6.07) is 8.35. The molecule has 2 aromatic rings. The van der Waals surface area contributed by atoms with E-state index in [1.165, 1.54) is 11.1 Å². The zero-order valence-corrected chi connectivity index (χ0v) is 28.8. The van der Waals surface area contributed by atoms with Crippen molar-refractivity contribution in [2.24, 2.45) is 0 Å². The highest BCUT2D eigenvalue weighted by molar-refractivity contribution is 5.75. The van der Waals surface area contributed by atoms with Crippen molar-refractivity contribution in [2.75, 3.05) is 13.2 Å². The third-order valence-electron chi connectivity index (χ3n) is 6.15. The molecule has 2 rings (SSSR count). The lowest BCUT2D eigenvalue weighted by molar-refractivity contribution is 0.162. The lowest BCUT2D eigenvalue weighted by atomic mass is 9.78. The molecule has 0 aliphatic carbocycles. The summed E-state index contributed by atoms with van der Waals surface area (Å²) < 4.78 is 4.83. The average molecular weight is 542 g/mol. The van der Waals surface area contributed by atoms with Crippen molar-refractivity contribution in [3.63, 3.8) is 0 Å². The fourth-order valence-electron chi connectivity index (χ4n) is 4.05. The summed E-state index contributed by atoms with van der Waals surface area (Å²) in [7, 11) is 0. The molecule has 0 aromatic heterocycles. The van der Waals surface area contributed by atoms with Gasteiger partial charge in [-0.05, 0) is 71.6 Å². The fraction of sp³-hybridized carbons (Fsp3) is 0.647. The molecule has 0 unspecified atom stereocenters. The molecule has 0 amide bonds. The van der Waals surface area contributed by atoms with Gasteiger partial charge >= 0.3 is 0 Å². The lowest BCUT2D eigenvalue weighted by Gasteiger charge is -2.27. The van der Waals surface area contributed by atoms with E-state index in [0.717, 1.165) is 35.5 Å². The summed E-state index contributed by atoms with van der Waals surface area (Å²) in [6.07, 6.45) is 0. The molecule has 0 fully saturated rings. The van der Waals surface area contributed by atoms with Gasteiger partial charge in [0.2, 0.25) is 0 Å². The first kappa shape index (κ1) is 38.7. The van der Waals surface area contributed by atoms with Crippen molar-refractivity contribution in [2.45, 2.75) is 132 Å². The molecule has 0 bridgehead atoms. The molecule has 2 N–H and O–H groups in total. The number of rotatable bonds is 2. The Morgan fingerprint density at radius 2 is 0.684 bits per heavy atom. The van der Waals surface area contributed by atoms with Crippen LogP contribution in [-0.2, 0) is 26.4 Å². The van der Waals surface area contributed by atoms with Gasteiger partial charge in [-0.1, -0.05) is 118 Å². The van der Waals surface area contributed by atoms with E-state index in [-0.39, 0.29) is 39.0 Å². The van der Waals surface area contributed by atoms with E-state index in [1.807, 2.05) is 13.8 Å². The summed E-state index contributed by atoms with van der Waals surface area (Å²) in [5.74, 6) is 0.927. The van der Waals surface area contributed by atoms with Crippen molar-refractivity contribution in [3.8, 4) is 11.5 Å². The molecule has 0 saturated heterocycles. The zero-order chi connectivity index (χ0) is 29.6. The number of benzene rings is 2. The number of ether oxygens (including phenoxy) is 1. The Bertz CT molecular complexity index is 843. The third kappa shape index (κ3) is 12.1. The molecule has 3 nitrogen and oxygen atoms in total. The number of phenols is 2. The molecule has 4 heteroatoms. The maximum atomic E-state index is 10.4. The monoisotopic (exact) mass is 541 g/mol. The molecule has 38 heavy (non-hydrogen) atoms. The summed E-state index contributed by atoms with van der Waals surface area (Å²) in [4.78, 5) is 0. The average Bonchev–Trinajstić information content (AvgIpc) is 2.69. The van der Waals surface area contributed by atoms with Gasteiger partial charge in [0.15, 0.2) is 0 Å². The van der Waals surface area contributed by atoms with Gasteiger partial charge in [-0.15, -0.1) is 0 Å². The van der Waals surface area contributed by atoms with Crippen LogP contribution < -0.4 is 0 Å². The second-order valence-corrected chi connectivity index (χ2v) is 14.2.